The van der Waals surface area contributed by atoms with Crippen LogP contribution in [0, 0.1) is 0 Å². The Bertz CT molecular complexity index is 132. The molecule has 0 saturated heterocycles. The van der Waals surface area contributed by atoms with E-state index in [4.69, 9.17) is 11.6 Å². The Labute approximate surface area is 80.2 Å². The van der Waals surface area contributed by atoms with Crippen molar-refractivity contribution in [2.75, 3.05) is 20.6 Å². The van der Waals surface area contributed by atoms with Crippen LogP contribution in [0.2, 0.25) is 0 Å². The molecule has 0 unspecified atom stereocenters. The van der Waals surface area contributed by atoms with Crippen LogP contribution < -0.4 is 0 Å². The van der Waals surface area contributed by atoms with Crippen LogP contribution in [0.5, 0.6) is 0 Å². The van der Waals surface area contributed by atoms with Gasteiger partial charge in [-0.15, -0.1) is 0 Å². The zero-order valence-corrected chi connectivity index (χ0v) is 9.06. The van der Waals surface area contributed by atoms with E-state index in [0.29, 0.717) is 6.42 Å². The van der Waals surface area contributed by atoms with Crippen LogP contribution >= 0.6 is 11.6 Å². The lowest BCUT2D eigenvalue weighted by Crippen LogP contribution is -2.10. The molecule has 0 atom stereocenters. The minimum atomic E-state index is -0.310. The van der Waals surface area contributed by atoms with Crippen molar-refractivity contribution in [3.8, 4) is 0 Å². The Morgan fingerprint density at radius 1 is 1.33 bits per heavy atom. The van der Waals surface area contributed by atoms with Gasteiger partial charge in [0.25, 0.3) is 0 Å². The van der Waals surface area contributed by atoms with Gasteiger partial charge in [0.1, 0.15) is 0 Å². The molecule has 12 heavy (non-hydrogen) atoms. The molecule has 2 nitrogen and oxygen atoms in total. The molecule has 3 heteroatoms. The highest BCUT2D eigenvalue weighted by molar-refractivity contribution is 6.63. The van der Waals surface area contributed by atoms with Gasteiger partial charge in [-0.05, 0) is 25.7 Å². The summed E-state index contributed by atoms with van der Waals surface area (Å²) in [6.45, 7) is 4.85. The van der Waals surface area contributed by atoms with Crippen LogP contribution in [0.15, 0.2) is 12.2 Å². The summed E-state index contributed by atoms with van der Waals surface area (Å²) in [5.74, 6) is 0. The Hall–Kier alpha value is -0.340. The molecule has 0 aromatic rings. The molecule has 72 valence electrons. The maximum absolute atomic E-state index is 10.2. The molecule has 0 aromatic heterocycles. The van der Waals surface area contributed by atoms with Crippen LogP contribution in [-0.2, 0) is 4.79 Å². The molecule has 0 aliphatic rings. The van der Waals surface area contributed by atoms with Gasteiger partial charge < -0.3 is 4.90 Å². The summed E-state index contributed by atoms with van der Waals surface area (Å²) in [4.78, 5) is 12.2. The molecule has 0 N–H and O–H groups in total. The molecule has 0 spiro atoms. The number of likely N-dealkylation sites (N-methyl/N-ethyl adjacent to an activating group) is 1. The van der Waals surface area contributed by atoms with Crippen molar-refractivity contribution in [3.63, 3.8) is 0 Å². The molecule has 0 saturated carbocycles. The number of allylic oxidation sites excluding steroid dienone is 1. The quantitative estimate of drug-likeness (QED) is 0.502. The van der Waals surface area contributed by atoms with Crippen molar-refractivity contribution >= 4 is 16.8 Å². The van der Waals surface area contributed by atoms with E-state index in [2.05, 4.69) is 0 Å². The molecule has 0 bridgehead atoms. The van der Waals surface area contributed by atoms with E-state index in [1.165, 1.54) is 0 Å². The fraction of sp³-hybridized carbons (Fsp3) is 0.667. The summed E-state index contributed by atoms with van der Waals surface area (Å²) in [7, 11) is 3.93. The number of carbonyl (C=O) groups excluding carboxylic acids is 1. The molecule has 0 heterocycles. The number of hydrogen-bond acceptors (Lipinski definition) is 2. The van der Waals surface area contributed by atoms with Gasteiger partial charge >= 0.3 is 0 Å². The largest absolute Gasteiger partial charge is 0.306 e. The maximum atomic E-state index is 10.2. The van der Waals surface area contributed by atoms with E-state index in [9.17, 15) is 4.79 Å². The van der Waals surface area contributed by atoms with E-state index in [1.54, 1.807) is 6.08 Å². The second kappa shape index (κ2) is 10.7. The van der Waals surface area contributed by atoms with Crippen molar-refractivity contribution in [1.82, 2.24) is 4.90 Å². The molecule has 0 radical (unpaired) electrons. The van der Waals surface area contributed by atoms with E-state index in [0.717, 1.165) is 6.54 Å². The van der Waals surface area contributed by atoms with Crippen molar-refractivity contribution in [3.05, 3.63) is 12.2 Å². The number of carbonyl (C=O) groups is 1. The maximum Gasteiger partial charge on any atom is 0.225 e. The van der Waals surface area contributed by atoms with Crippen LogP contribution in [0.3, 0.4) is 0 Å². The summed E-state index contributed by atoms with van der Waals surface area (Å²) in [5.41, 5.74) is 0. The van der Waals surface area contributed by atoms with Crippen LogP contribution in [0.25, 0.3) is 0 Å². The van der Waals surface area contributed by atoms with E-state index in [1.807, 2.05) is 38.9 Å². The first kappa shape index (κ1) is 14.2. The SMILES string of the molecule is CC.CN(C)C/C=C/CC(=O)Cl. The first-order valence-corrected chi connectivity index (χ1v) is 4.49. The molecule has 0 aliphatic carbocycles. The van der Waals surface area contributed by atoms with E-state index in [-0.39, 0.29) is 5.24 Å². The molecular weight excluding hydrogens is 174 g/mol. The second-order valence-corrected chi connectivity index (χ2v) is 2.71. The van der Waals surface area contributed by atoms with Crippen LogP contribution in [-0.4, -0.2) is 30.8 Å². The number of rotatable bonds is 4. The monoisotopic (exact) mass is 191 g/mol. The number of hydrogen-bond donors (Lipinski definition) is 0. The Kier molecular flexibility index (Phi) is 12.6. The standard InChI is InChI=1S/C7H12ClNO.C2H6/c1-9(2)6-4-3-5-7(8)10;1-2/h3-4H,5-6H2,1-2H3;1-2H3/b4-3+;. The number of nitrogens with zero attached hydrogens (tertiary/aromatic N) is 1. The van der Waals surface area contributed by atoms with E-state index >= 15 is 0 Å². The lowest BCUT2D eigenvalue weighted by Gasteiger charge is -2.02. The summed E-state index contributed by atoms with van der Waals surface area (Å²) in [6.07, 6.45) is 4.02. The third kappa shape index (κ3) is 16.3. The summed E-state index contributed by atoms with van der Waals surface area (Å²) >= 11 is 5.09. The van der Waals surface area contributed by atoms with Gasteiger partial charge in [0.15, 0.2) is 0 Å². The molecule has 0 aliphatic heterocycles. The first-order chi connectivity index (χ1) is 5.63. The molecule has 0 fully saturated rings. The fourth-order valence-corrected chi connectivity index (χ4v) is 0.550. The summed E-state index contributed by atoms with van der Waals surface area (Å²) in [6, 6.07) is 0. The van der Waals surface area contributed by atoms with E-state index < -0.39 is 0 Å². The average Bonchev–Trinajstić information content (AvgIpc) is 2.02. The van der Waals surface area contributed by atoms with Gasteiger partial charge in [-0.25, -0.2) is 0 Å². The smallest absolute Gasteiger partial charge is 0.225 e. The van der Waals surface area contributed by atoms with Gasteiger partial charge in [-0.3, -0.25) is 4.79 Å². The summed E-state index contributed by atoms with van der Waals surface area (Å²) < 4.78 is 0. The first-order valence-electron chi connectivity index (χ1n) is 4.11. The highest BCUT2D eigenvalue weighted by Gasteiger charge is 1.88. The molecule has 0 aromatic carbocycles. The van der Waals surface area contributed by atoms with Gasteiger partial charge in [0.2, 0.25) is 5.24 Å². The predicted octanol–water partition coefficient (Wildman–Crippen LogP) is 2.29. The summed E-state index contributed by atoms with van der Waals surface area (Å²) in [5, 5.41) is -0.310. The van der Waals surface area contributed by atoms with Gasteiger partial charge in [0.05, 0.1) is 0 Å². The number of halogens is 1. The molecule has 0 rings (SSSR count). The predicted molar refractivity (Wildman–Crippen MR) is 54.5 cm³/mol. The Balaban J connectivity index is 0. The topological polar surface area (TPSA) is 20.3 Å². The van der Waals surface area contributed by atoms with Gasteiger partial charge in [-0.1, -0.05) is 26.0 Å². The van der Waals surface area contributed by atoms with Crippen molar-refractivity contribution in [1.29, 1.82) is 0 Å². The molecule has 0 amide bonds. The zero-order valence-electron chi connectivity index (χ0n) is 8.30. The van der Waals surface area contributed by atoms with Crippen LogP contribution in [0.4, 0.5) is 0 Å². The minimum absolute atomic E-state index is 0.310. The third-order valence-corrected chi connectivity index (χ3v) is 1.07. The van der Waals surface area contributed by atoms with Crippen molar-refractivity contribution in [2.24, 2.45) is 0 Å². The van der Waals surface area contributed by atoms with Crippen LogP contribution in [0.1, 0.15) is 20.3 Å². The second-order valence-electron chi connectivity index (χ2n) is 2.29. The van der Waals surface area contributed by atoms with Crippen molar-refractivity contribution in [2.45, 2.75) is 20.3 Å². The highest BCUT2D eigenvalue weighted by Crippen LogP contribution is 1.89. The lowest BCUT2D eigenvalue weighted by molar-refractivity contribution is -0.110. The fourth-order valence-electron chi connectivity index (χ4n) is 0.461. The Morgan fingerprint density at radius 2 is 1.83 bits per heavy atom. The zero-order chi connectivity index (χ0) is 9.98. The van der Waals surface area contributed by atoms with Gasteiger partial charge in [-0.2, -0.15) is 0 Å². The highest BCUT2D eigenvalue weighted by atomic mass is 35.5. The van der Waals surface area contributed by atoms with Gasteiger partial charge in [0, 0.05) is 13.0 Å². The Morgan fingerprint density at radius 3 is 2.17 bits per heavy atom. The lowest BCUT2D eigenvalue weighted by atomic mass is 10.4. The average molecular weight is 192 g/mol. The van der Waals surface area contributed by atoms with Crippen molar-refractivity contribution < 1.29 is 4.79 Å². The molecular formula is C9H18ClNO. The minimum Gasteiger partial charge on any atom is -0.306 e. The normalized spacial score (nSPS) is 9.83. The third-order valence-electron chi connectivity index (χ3n) is 0.916.